The van der Waals surface area contributed by atoms with Gasteiger partial charge in [-0.1, -0.05) is 6.07 Å². The van der Waals surface area contributed by atoms with Crippen molar-refractivity contribution in [3.63, 3.8) is 0 Å². The van der Waals surface area contributed by atoms with Crippen LogP contribution < -0.4 is 17.0 Å². The average Bonchev–Trinajstić information content (AvgIpc) is 3.16. The van der Waals surface area contributed by atoms with Gasteiger partial charge in [-0.3, -0.25) is 4.79 Å². The molecule has 0 atom stereocenters. The number of aromatic nitrogens is 5. The van der Waals surface area contributed by atoms with Crippen LogP contribution in [0.25, 0.3) is 21.3 Å². The quantitative estimate of drug-likeness (QED) is 0.437. The second-order valence-corrected chi connectivity index (χ2v) is 7.41. The molecule has 10 heteroatoms. The first-order valence-corrected chi connectivity index (χ1v) is 9.30. The van der Waals surface area contributed by atoms with E-state index >= 15 is 0 Å². The van der Waals surface area contributed by atoms with E-state index in [0.29, 0.717) is 29.1 Å². The molecular weight excluding hydrogens is 376 g/mol. The molecule has 142 valence electrons. The number of hydrogen-bond donors (Lipinski definition) is 3. The number of fused-ring (bicyclic) bond motifs is 3. The minimum Gasteiger partial charge on any atom is -0.402 e. The van der Waals surface area contributed by atoms with Gasteiger partial charge in [-0.05, 0) is 18.2 Å². The summed E-state index contributed by atoms with van der Waals surface area (Å²) in [5.41, 5.74) is 13.9. The summed E-state index contributed by atoms with van der Waals surface area (Å²) in [4.78, 5) is 21.8. The third-order valence-corrected chi connectivity index (χ3v) is 5.44. The lowest BCUT2D eigenvalue weighted by Crippen LogP contribution is -2.25. The third-order valence-electron chi connectivity index (χ3n) is 4.36. The van der Waals surface area contributed by atoms with Crippen LogP contribution in [-0.4, -0.2) is 30.5 Å². The van der Waals surface area contributed by atoms with Gasteiger partial charge in [0.15, 0.2) is 5.65 Å². The second kappa shape index (κ2) is 6.89. The molecule has 0 saturated heterocycles. The van der Waals surface area contributed by atoms with Crippen molar-refractivity contribution in [3.8, 4) is 0 Å². The van der Waals surface area contributed by atoms with Crippen molar-refractivity contribution < 1.29 is 0 Å². The first kappa shape index (κ1) is 17.9. The highest BCUT2D eigenvalue weighted by Gasteiger charge is 2.18. The van der Waals surface area contributed by atoms with Crippen LogP contribution in [0.2, 0.25) is 0 Å². The number of nitrogens with two attached hydrogens (primary N) is 2. The number of nitrogens with zero attached hydrogens (tertiary/aromatic N) is 5. The van der Waals surface area contributed by atoms with Gasteiger partial charge in [0, 0.05) is 30.8 Å². The van der Waals surface area contributed by atoms with E-state index in [1.807, 2.05) is 7.05 Å². The summed E-state index contributed by atoms with van der Waals surface area (Å²) >= 11 is 1.48. The second-order valence-electron chi connectivity index (χ2n) is 6.33. The van der Waals surface area contributed by atoms with Crippen molar-refractivity contribution in [2.24, 2.45) is 12.8 Å². The number of rotatable bonds is 5. The Labute approximate surface area is 163 Å². The molecule has 0 bridgehead atoms. The average molecular weight is 394 g/mol. The van der Waals surface area contributed by atoms with Gasteiger partial charge in [0.25, 0.3) is 5.56 Å². The highest BCUT2D eigenvalue weighted by Crippen LogP contribution is 2.31. The van der Waals surface area contributed by atoms with E-state index in [2.05, 4.69) is 15.1 Å². The Morgan fingerprint density at radius 1 is 1.36 bits per heavy atom. The molecule has 0 amide bonds. The maximum Gasteiger partial charge on any atom is 0.291 e. The Morgan fingerprint density at radius 3 is 2.93 bits per heavy atom. The van der Waals surface area contributed by atoms with E-state index in [1.165, 1.54) is 22.1 Å². The van der Waals surface area contributed by atoms with Gasteiger partial charge in [-0.2, -0.15) is 5.10 Å². The molecule has 4 heterocycles. The SMILES string of the molecule is Cn1c2nc(CC(N)=CC=N)sc2c2cnn(Cc3cccc(N)n3)c(=O)c21. The lowest BCUT2D eigenvalue weighted by Gasteiger charge is -2.05. The molecule has 0 unspecified atom stereocenters. The van der Waals surface area contributed by atoms with Gasteiger partial charge in [0.2, 0.25) is 0 Å². The van der Waals surface area contributed by atoms with Gasteiger partial charge in [0.05, 0.1) is 23.1 Å². The summed E-state index contributed by atoms with van der Waals surface area (Å²) in [7, 11) is 1.81. The zero-order chi connectivity index (χ0) is 19.8. The summed E-state index contributed by atoms with van der Waals surface area (Å²) in [6.45, 7) is 0.238. The molecular formula is C18H18N8OS. The van der Waals surface area contributed by atoms with Crippen molar-refractivity contribution in [1.82, 2.24) is 24.3 Å². The summed E-state index contributed by atoms with van der Waals surface area (Å²) < 4.78 is 4.06. The zero-order valence-corrected chi connectivity index (χ0v) is 15.9. The number of anilines is 1. The van der Waals surface area contributed by atoms with Crippen LogP contribution in [0, 0.1) is 5.41 Å². The standard InChI is InChI=1S/C18H18N8OS/c1-25-15-12(16-17(25)24-14(28-16)7-10(20)5-6-19)8-22-26(18(15)27)9-11-3-2-4-13(21)23-11/h2-6,8,19H,7,9,20H2,1H3,(H2,21,23). The van der Waals surface area contributed by atoms with Gasteiger partial charge in [-0.15, -0.1) is 11.3 Å². The van der Waals surface area contributed by atoms with E-state index in [0.717, 1.165) is 27.0 Å². The molecule has 0 aromatic carbocycles. The van der Waals surface area contributed by atoms with E-state index in [9.17, 15) is 4.79 Å². The summed E-state index contributed by atoms with van der Waals surface area (Å²) in [5.74, 6) is 0.402. The molecule has 5 N–H and O–H groups in total. The maximum absolute atomic E-state index is 13.0. The fourth-order valence-electron chi connectivity index (χ4n) is 3.10. The van der Waals surface area contributed by atoms with Crippen LogP contribution in [0.1, 0.15) is 10.7 Å². The van der Waals surface area contributed by atoms with E-state index < -0.39 is 0 Å². The highest BCUT2D eigenvalue weighted by molar-refractivity contribution is 7.19. The number of thiazole rings is 1. The van der Waals surface area contributed by atoms with Crippen molar-refractivity contribution in [2.75, 3.05) is 5.73 Å². The molecule has 4 aromatic heterocycles. The van der Waals surface area contributed by atoms with E-state index in [1.54, 1.807) is 29.0 Å². The lowest BCUT2D eigenvalue weighted by molar-refractivity contribution is 0.633. The monoisotopic (exact) mass is 394 g/mol. The van der Waals surface area contributed by atoms with Gasteiger partial charge in [-0.25, -0.2) is 14.6 Å². The summed E-state index contributed by atoms with van der Waals surface area (Å²) in [5, 5.41) is 13.0. The largest absolute Gasteiger partial charge is 0.402 e. The molecule has 9 nitrogen and oxygen atoms in total. The molecule has 0 spiro atoms. The molecule has 4 aromatic rings. The van der Waals surface area contributed by atoms with Gasteiger partial charge < -0.3 is 21.4 Å². The highest BCUT2D eigenvalue weighted by atomic mass is 32.1. The molecule has 0 aliphatic rings. The first-order chi connectivity index (χ1) is 13.5. The Hall–Kier alpha value is -3.53. The maximum atomic E-state index is 13.0. The predicted molar refractivity (Wildman–Crippen MR) is 111 cm³/mol. The Kier molecular flexibility index (Phi) is 4.40. The molecule has 0 aliphatic carbocycles. The number of nitrogens with one attached hydrogen (secondary N) is 1. The van der Waals surface area contributed by atoms with Gasteiger partial charge in [0.1, 0.15) is 16.3 Å². The molecule has 0 aliphatic heterocycles. The molecule has 0 radical (unpaired) electrons. The number of pyridine rings is 1. The molecule has 4 rings (SSSR count). The fraction of sp³-hybridized carbons (Fsp3) is 0.167. The summed E-state index contributed by atoms with van der Waals surface area (Å²) in [6, 6.07) is 5.30. The predicted octanol–water partition coefficient (Wildman–Crippen LogP) is 1.40. The molecule has 0 fully saturated rings. The number of allylic oxidation sites excluding steroid dienone is 2. The van der Waals surface area contributed by atoms with Crippen LogP contribution in [0.4, 0.5) is 5.82 Å². The number of hydrogen-bond acceptors (Lipinski definition) is 8. The first-order valence-electron chi connectivity index (χ1n) is 8.48. The Balaban J connectivity index is 1.78. The lowest BCUT2D eigenvalue weighted by atomic mass is 10.3. The van der Waals surface area contributed by atoms with Crippen LogP contribution in [0.15, 0.2) is 41.0 Å². The summed E-state index contributed by atoms with van der Waals surface area (Å²) in [6.07, 6.45) is 4.83. The third kappa shape index (κ3) is 3.03. The molecule has 28 heavy (non-hydrogen) atoms. The smallest absolute Gasteiger partial charge is 0.291 e. The van der Waals surface area contributed by atoms with E-state index in [4.69, 9.17) is 16.9 Å². The van der Waals surface area contributed by atoms with Crippen LogP contribution in [-0.2, 0) is 20.0 Å². The fourth-order valence-corrected chi connectivity index (χ4v) is 4.24. The zero-order valence-electron chi connectivity index (χ0n) is 15.1. The van der Waals surface area contributed by atoms with Crippen LogP contribution in [0.3, 0.4) is 0 Å². The van der Waals surface area contributed by atoms with Crippen molar-refractivity contribution >= 4 is 44.6 Å². The topological polar surface area (TPSA) is 141 Å². The minimum atomic E-state index is -0.209. The number of nitrogen functional groups attached to an aromatic ring is 1. The number of aryl methyl sites for hydroxylation is 1. The Bertz CT molecular complexity index is 1300. The normalized spacial score (nSPS) is 12.1. The van der Waals surface area contributed by atoms with Crippen molar-refractivity contribution in [2.45, 2.75) is 13.0 Å². The minimum absolute atomic E-state index is 0.209. The van der Waals surface area contributed by atoms with Crippen LogP contribution in [0.5, 0.6) is 0 Å². The van der Waals surface area contributed by atoms with Crippen LogP contribution >= 0.6 is 11.3 Å². The van der Waals surface area contributed by atoms with Crippen molar-refractivity contribution in [1.29, 1.82) is 5.41 Å². The van der Waals surface area contributed by atoms with Gasteiger partial charge >= 0.3 is 0 Å². The molecule has 0 saturated carbocycles. The van der Waals surface area contributed by atoms with E-state index in [-0.39, 0.29) is 12.1 Å². The van der Waals surface area contributed by atoms with Crippen molar-refractivity contribution in [3.05, 3.63) is 57.2 Å². The Morgan fingerprint density at radius 2 is 2.18 bits per heavy atom.